The van der Waals surface area contributed by atoms with Gasteiger partial charge in [0.25, 0.3) is 0 Å². The van der Waals surface area contributed by atoms with Crippen LogP contribution in [0.1, 0.15) is 0 Å². The van der Waals surface area contributed by atoms with E-state index in [2.05, 4.69) is 4.98 Å². The van der Waals surface area contributed by atoms with E-state index in [1.807, 2.05) is 54.7 Å². The number of aromatic nitrogens is 1. The van der Waals surface area contributed by atoms with Crippen LogP contribution < -0.4 is 18.9 Å². The third-order valence-electron chi connectivity index (χ3n) is 4.16. The van der Waals surface area contributed by atoms with Crippen LogP contribution in [0.25, 0.3) is 22.4 Å². The fourth-order valence-electron chi connectivity index (χ4n) is 2.75. The van der Waals surface area contributed by atoms with E-state index in [0.29, 0.717) is 23.0 Å². The van der Waals surface area contributed by atoms with Gasteiger partial charge in [0.2, 0.25) is 0 Å². The summed E-state index contributed by atoms with van der Waals surface area (Å²) in [6.45, 7) is 0. The second-order valence-electron chi connectivity index (χ2n) is 5.57. The zero-order chi connectivity index (χ0) is 18.5. The second kappa shape index (κ2) is 7.78. The van der Waals surface area contributed by atoms with Crippen molar-refractivity contribution in [3.8, 4) is 45.4 Å². The Bertz CT molecular complexity index is 817. The maximum Gasteiger partial charge on any atom is 0.161 e. The molecule has 0 radical (unpaired) electrons. The van der Waals surface area contributed by atoms with Crippen LogP contribution >= 0.6 is 0 Å². The summed E-state index contributed by atoms with van der Waals surface area (Å²) in [7, 11) is 6.49. The third kappa shape index (κ3) is 3.42. The number of ether oxygens (including phenoxy) is 4. The monoisotopic (exact) mass is 351 g/mol. The first kappa shape index (κ1) is 17.6. The van der Waals surface area contributed by atoms with Gasteiger partial charge in [0.05, 0.1) is 34.1 Å². The quantitative estimate of drug-likeness (QED) is 0.657. The molecule has 0 aliphatic heterocycles. The number of rotatable bonds is 6. The molecule has 134 valence electrons. The first-order chi connectivity index (χ1) is 12.7. The van der Waals surface area contributed by atoms with Gasteiger partial charge >= 0.3 is 0 Å². The summed E-state index contributed by atoms with van der Waals surface area (Å²) < 4.78 is 21.3. The van der Waals surface area contributed by atoms with Crippen LogP contribution in [0.5, 0.6) is 23.0 Å². The smallest absolute Gasteiger partial charge is 0.161 e. The molecule has 5 heteroatoms. The van der Waals surface area contributed by atoms with Crippen molar-refractivity contribution in [3.63, 3.8) is 0 Å². The lowest BCUT2D eigenvalue weighted by atomic mass is 10.0. The van der Waals surface area contributed by atoms with E-state index in [-0.39, 0.29) is 0 Å². The van der Waals surface area contributed by atoms with Crippen molar-refractivity contribution in [2.24, 2.45) is 0 Å². The molecule has 1 aromatic heterocycles. The first-order valence-corrected chi connectivity index (χ1v) is 8.11. The highest BCUT2D eigenvalue weighted by atomic mass is 16.5. The molecule has 0 unspecified atom stereocenters. The molecule has 0 aliphatic carbocycles. The highest BCUT2D eigenvalue weighted by Crippen LogP contribution is 2.34. The summed E-state index contributed by atoms with van der Waals surface area (Å²) in [6.07, 6.45) is 1.84. The zero-order valence-electron chi connectivity index (χ0n) is 15.3. The minimum atomic E-state index is 0.677. The van der Waals surface area contributed by atoms with Gasteiger partial charge in [0, 0.05) is 17.3 Å². The van der Waals surface area contributed by atoms with Gasteiger partial charge < -0.3 is 18.9 Å². The second-order valence-corrected chi connectivity index (χ2v) is 5.57. The van der Waals surface area contributed by atoms with Crippen LogP contribution in [-0.2, 0) is 0 Å². The van der Waals surface area contributed by atoms with E-state index < -0.39 is 0 Å². The van der Waals surface area contributed by atoms with Gasteiger partial charge in [-0.2, -0.15) is 0 Å². The SMILES string of the molecule is COc1ccc(-c2ccc(-c3ccc(OC)c(OC)c3)nc2)cc1OC. The Labute approximate surface area is 153 Å². The van der Waals surface area contributed by atoms with Crippen molar-refractivity contribution in [1.82, 2.24) is 4.98 Å². The average Bonchev–Trinajstić information content (AvgIpc) is 2.72. The van der Waals surface area contributed by atoms with Crippen LogP contribution in [0, 0.1) is 0 Å². The molecule has 0 bridgehead atoms. The average molecular weight is 351 g/mol. The molecule has 3 rings (SSSR count). The summed E-state index contributed by atoms with van der Waals surface area (Å²) >= 11 is 0. The topological polar surface area (TPSA) is 49.8 Å². The van der Waals surface area contributed by atoms with Crippen LogP contribution in [-0.4, -0.2) is 33.4 Å². The Morgan fingerprint density at radius 3 is 1.54 bits per heavy atom. The summed E-state index contributed by atoms with van der Waals surface area (Å²) in [5.41, 5.74) is 3.82. The number of hydrogen-bond acceptors (Lipinski definition) is 5. The fourth-order valence-corrected chi connectivity index (χ4v) is 2.75. The standard InChI is InChI=1S/C21H21NO4/c1-23-18-9-6-14(11-20(18)25-3)16-5-8-17(22-13-16)15-7-10-19(24-2)21(12-15)26-4/h5-13H,1-4H3. The molecule has 0 aliphatic rings. The summed E-state index contributed by atoms with van der Waals surface area (Å²) in [4.78, 5) is 4.59. The number of benzene rings is 2. The predicted octanol–water partition coefficient (Wildman–Crippen LogP) is 4.45. The van der Waals surface area contributed by atoms with E-state index in [1.165, 1.54) is 0 Å². The lowest BCUT2D eigenvalue weighted by molar-refractivity contribution is 0.355. The molecule has 0 saturated heterocycles. The Morgan fingerprint density at radius 2 is 1.04 bits per heavy atom. The van der Waals surface area contributed by atoms with E-state index >= 15 is 0 Å². The summed E-state index contributed by atoms with van der Waals surface area (Å²) in [5.74, 6) is 2.76. The number of pyridine rings is 1. The highest BCUT2D eigenvalue weighted by Gasteiger charge is 2.09. The van der Waals surface area contributed by atoms with Gasteiger partial charge in [-0.3, -0.25) is 4.98 Å². The van der Waals surface area contributed by atoms with Crippen LogP contribution in [0.3, 0.4) is 0 Å². The van der Waals surface area contributed by atoms with Gasteiger partial charge in [-0.25, -0.2) is 0 Å². The van der Waals surface area contributed by atoms with Crippen molar-refractivity contribution in [3.05, 3.63) is 54.7 Å². The van der Waals surface area contributed by atoms with Crippen molar-refractivity contribution >= 4 is 0 Å². The van der Waals surface area contributed by atoms with E-state index in [0.717, 1.165) is 22.4 Å². The van der Waals surface area contributed by atoms with Gasteiger partial charge in [-0.05, 0) is 42.0 Å². The lowest BCUT2D eigenvalue weighted by Gasteiger charge is -2.11. The molecular weight excluding hydrogens is 330 g/mol. The van der Waals surface area contributed by atoms with Crippen LogP contribution in [0.15, 0.2) is 54.7 Å². The molecule has 26 heavy (non-hydrogen) atoms. The third-order valence-corrected chi connectivity index (χ3v) is 4.16. The molecule has 2 aromatic carbocycles. The van der Waals surface area contributed by atoms with Crippen molar-refractivity contribution in [2.75, 3.05) is 28.4 Å². The number of hydrogen-bond donors (Lipinski definition) is 0. The van der Waals surface area contributed by atoms with Gasteiger partial charge in [0.1, 0.15) is 0 Å². The first-order valence-electron chi connectivity index (χ1n) is 8.11. The van der Waals surface area contributed by atoms with Gasteiger partial charge in [0.15, 0.2) is 23.0 Å². The molecule has 0 spiro atoms. The van der Waals surface area contributed by atoms with Crippen LogP contribution in [0.4, 0.5) is 0 Å². The molecule has 3 aromatic rings. The maximum absolute atomic E-state index is 5.37. The number of nitrogens with zero attached hydrogens (tertiary/aromatic N) is 1. The Kier molecular flexibility index (Phi) is 5.27. The summed E-state index contributed by atoms with van der Waals surface area (Å²) in [5, 5.41) is 0. The minimum absolute atomic E-state index is 0.677. The van der Waals surface area contributed by atoms with Crippen molar-refractivity contribution in [1.29, 1.82) is 0 Å². The maximum atomic E-state index is 5.37. The lowest BCUT2D eigenvalue weighted by Crippen LogP contribution is -1.92. The van der Waals surface area contributed by atoms with Gasteiger partial charge in [-0.15, -0.1) is 0 Å². The normalized spacial score (nSPS) is 10.3. The largest absolute Gasteiger partial charge is 0.493 e. The van der Waals surface area contributed by atoms with E-state index in [9.17, 15) is 0 Å². The Hall–Kier alpha value is -3.21. The van der Waals surface area contributed by atoms with Gasteiger partial charge in [-0.1, -0.05) is 12.1 Å². The minimum Gasteiger partial charge on any atom is -0.493 e. The Morgan fingerprint density at radius 1 is 0.538 bits per heavy atom. The zero-order valence-corrected chi connectivity index (χ0v) is 15.3. The Balaban J connectivity index is 1.92. The van der Waals surface area contributed by atoms with E-state index in [4.69, 9.17) is 18.9 Å². The fraction of sp³-hybridized carbons (Fsp3) is 0.190. The number of methoxy groups -OCH3 is 4. The molecule has 1 heterocycles. The molecule has 0 saturated carbocycles. The summed E-state index contributed by atoms with van der Waals surface area (Å²) in [6, 6.07) is 15.6. The molecule has 0 fully saturated rings. The molecule has 5 nitrogen and oxygen atoms in total. The highest BCUT2D eigenvalue weighted by molar-refractivity contribution is 5.70. The van der Waals surface area contributed by atoms with Crippen molar-refractivity contribution in [2.45, 2.75) is 0 Å². The molecule has 0 atom stereocenters. The van der Waals surface area contributed by atoms with Crippen LogP contribution in [0.2, 0.25) is 0 Å². The van der Waals surface area contributed by atoms with Crippen molar-refractivity contribution < 1.29 is 18.9 Å². The van der Waals surface area contributed by atoms with E-state index in [1.54, 1.807) is 28.4 Å². The molecule has 0 amide bonds. The predicted molar refractivity (Wildman–Crippen MR) is 101 cm³/mol. The molecule has 0 N–H and O–H groups in total. The molecular formula is C21H21NO4.